The third-order valence-electron chi connectivity index (χ3n) is 8.97. The van der Waals surface area contributed by atoms with Gasteiger partial charge in [0.1, 0.15) is 0 Å². The molecule has 0 aromatic carbocycles. The first-order chi connectivity index (χ1) is 11.6. The molecule has 4 nitrogen and oxygen atoms in total. The Morgan fingerprint density at radius 1 is 1.12 bits per heavy atom. The third kappa shape index (κ3) is 2.29. The van der Waals surface area contributed by atoms with Gasteiger partial charge in [-0.2, -0.15) is 0 Å². The second kappa shape index (κ2) is 5.59. The van der Waals surface area contributed by atoms with Gasteiger partial charge in [0.15, 0.2) is 3.42 Å². The van der Waals surface area contributed by atoms with E-state index in [0.717, 1.165) is 18.3 Å². The summed E-state index contributed by atoms with van der Waals surface area (Å²) in [5.41, 5.74) is 0.375. The lowest BCUT2D eigenvalue weighted by Crippen LogP contribution is -2.68. The topological polar surface area (TPSA) is 66.4 Å². The zero-order valence-electron chi connectivity index (χ0n) is 15.5. The number of hydrogen-bond acceptors (Lipinski definition) is 2. The molecule has 0 radical (unpaired) electrons. The molecule has 3 unspecified atom stereocenters. The largest absolute Gasteiger partial charge is 0.480 e. The highest BCUT2D eigenvalue weighted by molar-refractivity contribution is 14.1. The molecule has 0 aromatic heterocycles. The van der Waals surface area contributed by atoms with Crippen LogP contribution in [0.5, 0.6) is 0 Å². The quantitative estimate of drug-likeness (QED) is 0.354. The number of aliphatic carboxylic acids is 1. The van der Waals surface area contributed by atoms with Gasteiger partial charge in [-0.15, -0.1) is 0 Å². The molecule has 4 rings (SSSR count). The van der Waals surface area contributed by atoms with Crippen LogP contribution in [0.15, 0.2) is 0 Å². The number of halogens is 1. The van der Waals surface area contributed by atoms with Gasteiger partial charge in [0.25, 0.3) is 0 Å². The Kier molecular flexibility index (Phi) is 4.03. The molecule has 140 valence electrons. The molecule has 2 N–H and O–H groups in total. The van der Waals surface area contributed by atoms with Gasteiger partial charge < -0.3 is 10.4 Å². The average molecular weight is 459 g/mol. The van der Waals surface area contributed by atoms with Crippen molar-refractivity contribution in [1.29, 1.82) is 0 Å². The van der Waals surface area contributed by atoms with Crippen LogP contribution >= 0.6 is 22.6 Å². The molecule has 0 bridgehead atoms. The minimum absolute atomic E-state index is 0.0937. The summed E-state index contributed by atoms with van der Waals surface area (Å²) in [6, 6.07) is 0.145. The zero-order chi connectivity index (χ0) is 18.2. The van der Waals surface area contributed by atoms with Crippen molar-refractivity contribution >= 4 is 34.5 Å². The second-order valence-electron chi connectivity index (χ2n) is 9.79. The number of carboxylic acid groups (broad SMARTS) is 1. The van der Waals surface area contributed by atoms with E-state index in [0.29, 0.717) is 23.7 Å². The summed E-state index contributed by atoms with van der Waals surface area (Å²) in [5.74, 6) is 1.56. The smallest absolute Gasteiger partial charge is 0.329 e. The maximum Gasteiger partial charge on any atom is 0.329 e. The molecule has 1 amide bonds. The van der Waals surface area contributed by atoms with Crippen molar-refractivity contribution in [1.82, 2.24) is 5.32 Å². The predicted octanol–water partition coefficient (Wildman–Crippen LogP) is 4.01. The standard InChI is InChI=1S/C20H30INO3/c1-11-4-6-13-12-5-7-15-19(3,14(12)8-9-18(11,13)2)10-20(21,17(24)25)16(23)22-15/h11-15H,4-10H2,1-3H3,(H,22,23)(H,24,25)/t11?,12-,13-,14+,15?,18+,19+,20?/m0/s1. The average Bonchev–Trinajstić information content (AvgIpc) is 2.84. The highest BCUT2D eigenvalue weighted by Gasteiger charge is 2.64. The van der Waals surface area contributed by atoms with Crippen molar-refractivity contribution in [3.63, 3.8) is 0 Å². The molecule has 4 fully saturated rings. The second-order valence-corrected chi connectivity index (χ2v) is 11.6. The van der Waals surface area contributed by atoms with E-state index in [2.05, 4.69) is 26.1 Å². The fraction of sp³-hybridized carbons (Fsp3) is 0.900. The SMILES string of the molecule is CC1CC[C@H]2[C@@H]3CCC4NC(=O)C(I)(C(=O)O)C[C@]4(C)[C@@H]3CC[C@]12C. The molecule has 0 spiro atoms. The minimum atomic E-state index is -1.31. The number of rotatable bonds is 1. The Hall–Kier alpha value is -0.330. The Morgan fingerprint density at radius 3 is 2.48 bits per heavy atom. The van der Waals surface area contributed by atoms with E-state index in [1.807, 2.05) is 22.6 Å². The van der Waals surface area contributed by atoms with Crippen molar-refractivity contribution in [2.45, 2.75) is 75.2 Å². The van der Waals surface area contributed by atoms with Crippen molar-refractivity contribution in [2.24, 2.45) is 34.5 Å². The Labute approximate surface area is 164 Å². The summed E-state index contributed by atoms with van der Waals surface area (Å²) in [7, 11) is 0. The molecule has 1 saturated heterocycles. The first-order valence-electron chi connectivity index (χ1n) is 9.86. The summed E-state index contributed by atoms with van der Waals surface area (Å²) in [4.78, 5) is 24.4. The van der Waals surface area contributed by atoms with E-state index in [1.54, 1.807) is 0 Å². The first kappa shape index (κ1) is 18.1. The van der Waals surface area contributed by atoms with Crippen LogP contribution in [-0.4, -0.2) is 26.4 Å². The van der Waals surface area contributed by atoms with E-state index < -0.39 is 9.39 Å². The first-order valence-corrected chi connectivity index (χ1v) is 10.9. The van der Waals surface area contributed by atoms with E-state index in [4.69, 9.17) is 0 Å². The molecule has 8 atom stereocenters. The molecule has 0 aromatic rings. The monoisotopic (exact) mass is 459 g/mol. The summed E-state index contributed by atoms with van der Waals surface area (Å²) in [5, 5.41) is 12.8. The Bertz CT molecular complexity index is 624. The molecule has 5 heteroatoms. The highest BCUT2D eigenvalue weighted by atomic mass is 127. The van der Waals surface area contributed by atoms with Crippen molar-refractivity contribution in [3.05, 3.63) is 0 Å². The van der Waals surface area contributed by atoms with Gasteiger partial charge in [-0.1, -0.05) is 43.4 Å². The van der Waals surface area contributed by atoms with E-state index >= 15 is 0 Å². The van der Waals surface area contributed by atoms with Crippen LogP contribution in [0.1, 0.15) is 65.7 Å². The number of carboxylic acids is 1. The van der Waals surface area contributed by atoms with Crippen molar-refractivity contribution < 1.29 is 14.7 Å². The molecule has 4 aliphatic rings. The maximum atomic E-state index is 12.5. The van der Waals surface area contributed by atoms with E-state index in [-0.39, 0.29) is 17.4 Å². The Morgan fingerprint density at radius 2 is 1.80 bits per heavy atom. The Balaban J connectivity index is 1.68. The molecule has 1 aliphatic heterocycles. The van der Waals surface area contributed by atoms with Crippen LogP contribution in [0.3, 0.4) is 0 Å². The van der Waals surface area contributed by atoms with Crippen LogP contribution in [-0.2, 0) is 9.59 Å². The van der Waals surface area contributed by atoms with Gasteiger partial charge in [-0.25, -0.2) is 0 Å². The molecule has 3 saturated carbocycles. The summed E-state index contributed by atoms with van der Waals surface area (Å²) >= 11 is 1.89. The van der Waals surface area contributed by atoms with Crippen molar-refractivity contribution in [2.75, 3.05) is 0 Å². The fourth-order valence-corrected chi connectivity index (χ4v) is 8.24. The normalized spacial score (nSPS) is 54.9. The molecular formula is C20H30INO3. The van der Waals surface area contributed by atoms with Crippen LogP contribution in [0.2, 0.25) is 0 Å². The maximum absolute atomic E-state index is 12.5. The van der Waals surface area contributed by atoms with Gasteiger partial charge in [-0.05, 0) is 79.4 Å². The van der Waals surface area contributed by atoms with Gasteiger partial charge in [0.05, 0.1) is 0 Å². The number of piperidine rings is 1. The third-order valence-corrected chi connectivity index (χ3v) is 10.3. The van der Waals surface area contributed by atoms with Crippen LogP contribution in [0.25, 0.3) is 0 Å². The van der Waals surface area contributed by atoms with Gasteiger partial charge >= 0.3 is 5.97 Å². The van der Waals surface area contributed by atoms with Crippen LogP contribution in [0, 0.1) is 34.5 Å². The van der Waals surface area contributed by atoms with E-state index in [9.17, 15) is 14.7 Å². The molecule has 3 aliphatic carbocycles. The molecule has 25 heavy (non-hydrogen) atoms. The lowest BCUT2D eigenvalue weighted by molar-refractivity contribution is -0.155. The summed E-state index contributed by atoms with van der Waals surface area (Å²) < 4.78 is -1.31. The number of amides is 1. The highest BCUT2D eigenvalue weighted by Crippen LogP contribution is 2.66. The summed E-state index contributed by atoms with van der Waals surface area (Å²) in [6.07, 6.45) is 7.81. The number of alkyl halides is 1. The van der Waals surface area contributed by atoms with Crippen LogP contribution < -0.4 is 5.32 Å². The predicted molar refractivity (Wildman–Crippen MR) is 104 cm³/mol. The van der Waals surface area contributed by atoms with Crippen molar-refractivity contribution in [3.8, 4) is 0 Å². The minimum Gasteiger partial charge on any atom is -0.480 e. The number of nitrogens with one attached hydrogen (secondary N) is 1. The number of carbonyl (C=O) groups excluding carboxylic acids is 1. The number of hydrogen-bond donors (Lipinski definition) is 2. The fourth-order valence-electron chi connectivity index (χ4n) is 7.26. The molecular weight excluding hydrogens is 429 g/mol. The van der Waals surface area contributed by atoms with Gasteiger partial charge in [-0.3, -0.25) is 9.59 Å². The lowest BCUT2D eigenvalue weighted by Gasteiger charge is -2.61. The molecule has 1 heterocycles. The van der Waals surface area contributed by atoms with E-state index in [1.165, 1.54) is 32.1 Å². The lowest BCUT2D eigenvalue weighted by atomic mass is 9.46. The van der Waals surface area contributed by atoms with Crippen LogP contribution in [0.4, 0.5) is 0 Å². The number of carbonyl (C=O) groups is 2. The summed E-state index contributed by atoms with van der Waals surface area (Å²) in [6.45, 7) is 7.20. The zero-order valence-corrected chi connectivity index (χ0v) is 17.6. The number of fused-ring (bicyclic) bond motifs is 5. The van der Waals surface area contributed by atoms with Gasteiger partial charge in [0.2, 0.25) is 5.91 Å². The van der Waals surface area contributed by atoms with Gasteiger partial charge in [0, 0.05) is 6.04 Å².